The van der Waals surface area contributed by atoms with E-state index in [0.717, 1.165) is 19.3 Å². The van der Waals surface area contributed by atoms with E-state index in [4.69, 9.17) is 0 Å². The van der Waals surface area contributed by atoms with Crippen molar-refractivity contribution in [3.8, 4) is 0 Å². The largest absolute Gasteiger partial charge is 0.394 e. The zero-order chi connectivity index (χ0) is 16.7. The Labute approximate surface area is 135 Å². The summed E-state index contributed by atoms with van der Waals surface area (Å²) in [5.74, 6) is -0.0157. The first kappa shape index (κ1) is 16.0. The number of rotatable bonds is 2. The number of carbonyl (C=O) groups excluding carboxylic acids is 2. The molecule has 2 N–H and O–H groups in total. The van der Waals surface area contributed by atoms with Crippen LogP contribution in [0.5, 0.6) is 0 Å². The van der Waals surface area contributed by atoms with Crippen molar-refractivity contribution in [2.24, 2.45) is 5.41 Å². The topological polar surface area (TPSA) is 89.5 Å². The van der Waals surface area contributed by atoms with Crippen molar-refractivity contribution >= 4 is 11.8 Å². The highest BCUT2D eigenvalue weighted by atomic mass is 16.3. The number of hydrogen-bond acceptors (Lipinski definition) is 4. The molecule has 0 aromatic carbocycles. The Morgan fingerprint density at radius 3 is 2.57 bits per heavy atom. The molecule has 1 spiro atoms. The summed E-state index contributed by atoms with van der Waals surface area (Å²) in [7, 11) is 0. The van der Waals surface area contributed by atoms with E-state index in [-0.39, 0.29) is 23.8 Å². The molecular formula is C16H24N4O3. The molecule has 0 saturated carbocycles. The Bertz CT molecular complexity index is 592. The Balaban J connectivity index is 1.69. The predicted octanol–water partition coefficient (Wildman–Crippen LogP) is 0.635. The number of carbonyl (C=O) groups is 2. The minimum atomic E-state index is -0.485. The molecule has 7 nitrogen and oxygen atoms in total. The molecule has 2 fully saturated rings. The van der Waals surface area contributed by atoms with Gasteiger partial charge in [0, 0.05) is 32.8 Å². The maximum Gasteiger partial charge on any atom is 0.271 e. The summed E-state index contributed by atoms with van der Waals surface area (Å²) in [5, 5.41) is 16.3. The van der Waals surface area contributed by atoms with Gasteiger partial charge in [-0.1, -0.05) is 0 Å². The van der Waals surface area contributed by atoms with Gasteiger partial charge in [-0.2, -0.15) is 5.10 Å². The zero-order valence-corrected chi connectivity index (χ0v) is 13.7. The van der Waals surface area contributed by atoms with E-state index < -0.39 is 5.54 Å². The maximum atomic E-state index is 12.4. The fourth-order valence-corrected chi connectivity index (χ4v) is 4.18. The van der Waals surface area contributed by atoms with E-state index in [9.17, 15) is 14.7 Å². The number of nitrogens with zero attached hydrogens (tertiary/aromatic N) is 3. The van der Waals surface area contributed by atoms with Crippen molar-refractivity contribution in [3.63, 3.8) is 0 Å². The lowest BCUT2D eigenvalue weighted by molar-refractivity contribution is -0.134. The van der Waals surface area contributed by atoms with Crippen LogP contribution in [0.15, 0.2) is 12.3 Å². The van der Waals surface area contributed by atoms with Crippen LogP contribution in [0.1, 0.15) is 43.6 Å². The van der Waals surface area contributed by atoms with E-state index in [1.165, 1.54) is 0 Å². The smallest absolute Gasteiger partial charge is 0.271 e. The first-order valence-corrected chi connectivity index (χ1v) is 8.07. The molecule has 126 valence electrons. The van der Waals surface area contributed by atoms with Gasteiger partial charge in [-0.15, -0.1) is 0 Å². The first-order chi connectivity index (χ1) is 10.9. The van der Waals surface area contributed by atoms with E-state index in [2.05, 4.69) is 10.2 Å². The van der Waals surface area contributed by atoms with E-state index in [0.29, 0.717) is 25.3 Å². The van der Waals surface area contributed by atoms with Crippen molar-refractivity contribution in [1.29, 1.82) is 0 Å². The van der Waals surface area contributed by atoms with Crippen LogP contribution in [0, 0.1) is 5.41 Å². The summed E-state index contributed by atoms with van der Waals surface area (Å²) < 4.78 is 0. The summed E-state index contributed by atoms with van der Waals surface area (Å²) in [6.07, 6.45) is 4.08. The number of aliphatic hydroxyl groups is 1. The highest BCUT2D eigenvalue weighted by Crippen LogP contribution is 2.48. The van der Waals surface area contributed by atoms with Crippen LogP contribution >= 0.6 is 0 Å². The molecule has 2 aliphatic rings. The van der Waals surface area contributed by atoms with Crippen molar-refractivity contribution < 1.29 is 14.7 Å². The quantitative estimate of drug-likeness (QED) is 0.836. The van der Waals surface area contributed by atoms with Gasteiger partial charge in [0.25, 0.3) is 5.91 Å². The van der Waals surface area contributed by atoms with Gasteiger partial charge in [0.1, 0.15) is 5.69 Å². The van der Waals surface area contributed by atoms with Gasteiger partial charge in [0.15, 0.2) is 0 Å². The normalized spacial score (nSPS) is 26.7. The summed E-state index contributed by atoms with van der Waals surface area (Å²) >= 11 is 0. The average molecular weight is 320 g/mol. The molecule has 3 rings (SSSR count). The number of aromatic nitrogens is 2. The molecule has 1 aromatic heterocycles. The Morgan fingerprint density at radius 2 is 2.09 bits per heavy atom. The van der Waals surface area contributed by atoms with Crippen molar-refractivity contribution in [1.82, 2.24) is 20.0 Å². The number of hydrogen-bond donors (Lipinski definition) is 2. The molecule has 2 saturated heterocycles. The highest BCUT2D eigenvalue weighted by molar-refractivity contribution is 5.92. The average Bonchev–Trinajstić information content (AvgIpc) is 3.15. The molecule has 1 atom stereocenters. The molecule has 0 bridgehead atoms. The molecule has 0 unspecified atom stereocenters. The third kappa shape index (κ3) is 2.73. The lowest BCUT2D eigenvalue weighted by Crippen LogP contribution is -2.46. The third-order valence-corrected chi connectivity index (χ3v) is 5.46. The second-order valence-electron chi connectivity index (χ2n) is 7.20. The van der Waals surface area contributed by atoms with Crippen LogP contribution in [-0.4, -0.2) is 68.7 Å². The monoisotopic (exact) mass is 320 g/mol. The van der Waals surface area contributed by atoms with Crippen molar-refractivity contribution in [2.75, 3.05) is 26.2 Å². The van der Waals surface area contributed by atoms with Crippen LogP contribution in [-0.2, 0) is 4.79 Å². The first-order valence-electron chi connectivity index (χ1n) is 8.07. The summed E-state index contributed by atoms with van der Waals surface area (Å²) in [4.78, 5) is 27.9. The molecule has 7 heteroatoms. The van der Waals surface area contributed by atoms with Crippen LogP contribution in [0.4, 0.5) is 0 Å². The number of piperidine rings is 1. The zero-order valence-electron chi connectivity index (χ0n) is 13.7. The number of nitrogens with one attached hydrogen (secondary N) is 1. The second kappa shape index (κ2) is 5.63. The fourth-order valence-electron chi connectivity index (χ4n) is 4.18. The molecule has 1 aromatic rings. The van der Waals surface area contributed by atoms with Crippen molar-refractivity contribution in [3.05, 3.63) is 18.0 Å². The van der Waals surface area contributed by atoms with Gasteiger partial charge in [-0.05, 0) is 37.7 Å². The van der Waals surface area contributed by atoms with Crippen LogP contribution in [0.2, 0.25) is 0 Å². The van der Waals surface area contributed by atoms with Gasteiger partial charge in [-0.3, -0.25) is 14.7 Å². The van der Waals surface area contributed by atoms with Gasteiger partial charge in [0.2, 0.25) is 5.91 Å². The Kier molecular flexibility index (Phi) is 3.91. The van der Waals surface area contributed by atoms with Gasteiger partial charge < -0.3 is 14.9 Å². The fraction of sp³-hybridized carbons (Fsp3) is 0.688. The van der Waals surface area contributed by atoms with Gasteiger partial charge >= 0.3 is 0 Å². The number of aromatic amines is 1. The molecule has 0 radical (unpaired) electrons. The lowest BCUT2D eigenvalue weighted by atomic mass is 9.74. The molecular weight excluding hydrogens is 296 g/mol. The standard InChI is InChI=1S/C16H24N4O3/c1-12(22)20-10-16(9-15(20,2)11-21)4-7-19(8-5-16)14(23)13-3-6-17-18-13/h3,6,21H,4-5,7-11H2,1-2H3,(H,17,18)/t15-/m1/s1. The van der Waals surface area contributed by atoms with E-state index >= 15 is 0 Å². The Hall–Kier alpha value is -1.89. The van der Waals surface area contributed by atoms with Gasteiger partial charge in [-0.25, -0.2) is 0 Å². The number of H-pyrrole nitrogens is 1. The highest BCUT2D eigenvalue weighted by Gasteiger charge is 2.52. The third-order valence-electron chi connectivity index (χ3n) is 5.46. The van der Waals surface area contributed by atoms with Crippen LogP contribution in [0.25, 0.3) is 0 Å². The van der Waals surface area contributed by atoms with E-state index in [1.54, 1.807) is 24.1 Å². The summed E-state index contributed by atoms with van der Waals surface area (Å²) in [5.41, 5.74) is 0.0351. The minimum absolute atomic E-state index is 0.00785. The minimum Gasteiger partial charge on any atom is -0.394 e. The van der Waals surface area contributed by atoms with Crippen molar-refractivity contribution in [2.45, 2.75) is 38.6 Å². The van der Waals surface area contributed by atoms with E-state index in [1.807, 2.05) is 11.8 Å². The van der Waals surface area contributed by atoms with Crippen LogP contribution < -0.4 is 0 Å². The SMILES string of the molecule is CC(=O)N1CC2(CCN(C(=O)c3ccn[nH]3)CC2)C[C@]1(C)CO. The lowest BCUT2D eigenvalue weighted by Gasteiger charge is -2.39. The summed E-state index contributed by atoms with van der Waals surface area (Å²) in [6.45, 7) is 5.50. The maximum absolute atomic E-state index is 12.4. The number of amides is 2. The van der Waals surface area contributed by atoms with Crippen LogP contribution in [0.3, 0.4) is 0 Å². The number of aliphatic hydroxyl groups excluding tert-OH is 1. The van der Waals surface area contributed by atoms with Gasteiger partial charge in [0.05, 0.1) is 12.1 Å². The molecule has 23 heavy (non-hydrogen) atoms. The second-order valence-corrected chi connectivity index (χ2v) is 7.20. The molecule has 2 amide bonds. The molecule has 2 aliphatic heterocycles. The molecule has 3 heterocycles. The summed E-state index contributed by atoms with van der Waals surface area (Å²) in [6, 6.07) is 1.68. The Morgan fingerprint density at radius 1 is 1.39 bits per heavy atom. The molecule has 0 aliphatic carbocycles. The number of likely N-dealkylation sites (tertiary alicyclic amines) is 2. The predicted molar refractivity (Wildman–Crippen MR) is 83.7 cm³/mol.